The van der Waals surface area contributed by atoms with Crippen molar-refractivity contribution < 1.29 is 8.95 Å². The molecule has 3 nitrogen and oxygen atoms in total. The van der Waals surface area contributed by atoms with E-state index in [4.69, 9.17) is 10.5 Å². The van der Waals surface area contributed by atoms with Crippen LogP contribution in [0.25, 0.3) is 0 Å². The Hall–Kier alpha value is -1.03. The Bertz CT molecular complexity index is 407. The fourth-order valence-corrected chi connectivity index (χ4v) is 3.33. The van der Waals surface area contributed by atoms with Crippen LogP contribution in [0.1, 0.15) is 33.6 Å². The first kappa shape index (κ1) is 15.0. The molecule has 0 radical (unpaired) electrons. The average Bonchev–Trinajstić information content (AvgIpc) is 2.32. The number of rotatable bonds is 7. The molecule has 2 N–H and O–H groups in total. The molecule has 0 saturated heterocycles. The van der Waals surface area contributed by atoms with Gasteiger partial charge >= 0.3 is 0 Å². The maximum absolute atomic E-state index is 12.3. The Kier molecular flexibility index (Phi) is 6.19. The van der Waals surface area contributed by atoms with Crippen molar-refractivity contribution in [2.75, 3.05) is 18.1 Å². The Labute approximate surface area is 112 Å². The highest BCUT2D eigenvalue weighted by Gasteiger charge is 2.13. The largest absolute Gasteiger partial charge is 0.494 e. The van der Waals surface area contributed by atoms with Crippen molar-refractivity contribution in [1.29, 1.82) is 0 Å². The van der Waals surface area contributed by atoms with Crippen LogP contribution >= 0.6 is 0 Å². The summed E-state index contributed by atoms with van der Waals surface area (Å²) < 4.78 is 17.7. The number of ether oxygens (including phenoxy) is 1. The van der Waals surface area contributed by atoms with Gasteiger partial charge in [0.05, 0.1) is 22.3 Å². The molecule has 0 aromatic heterocycles. The minimum Gasteiger partial charge on any atom is -0.494 e. The van der Waals surface area contributed by atoms with Gasteiger partial charge in [0.2, 0.25) is 0 Å². The van der Waals surface area contributed by atoms with Crippen LogP contribution in [0.3, 0.4) is 0 Å². The topological polar surface area (TPSA) is 52.3 Å². The van der Waals surface area contributed by atoms with E-state index in [2.05, 4.69) is 13.8 Å². The SMILES string of the molecule is CCCC(C)CS(=O)c1cc(OCC)ccc1N. The molecule has 2 atom stereocenters. The van der Waals surface area contributed by atoms with Crippen molar-refractivity contribution in [3.05, 3.63) is 18.2 Å². The Morgan fingerprint density at radius 3 is 2.72 bits per heavy atom. The molecule has 18 heavy (non-hydrogen) atoms. The molecule has 4 heteroatoms. The third-order valence-electron chi connectivity index (χ3n) is 2.76. The van der Waals surface area contributed by atoms with E-state index in [1.165, 1.54) is 0 Å². The van der Waals surface area contributed by atoms with Crippen molar-refractivity contribution >= 4 is 16.5 Å². The molecule has 0 spiro atoms. The molecule has 102 valence electrons. The molecule has 0 bridgehead atoms. The lowest BCUT2D eigenvalue weighted by Gasteiger charge is -2.12. The predicted molar refractivity (Wildman–Crippen MR) is 77.4 cm³/mol. The van der Waals surface area contributed by atoms with Crippen LogP contribution < -0.4 is 10.5 Å². The van der Waals surface area contributed by atoms with Gasteiger partial charge in [-0.3, -0.25) is 4.21 Å². The number of benzene rings is 1. The molecule has 0 heterocycles. The Balaban J connectivity index is 2.80. The second-order valence-electron chi connectivity index (χ2n) is 4.54. The van der Waals surface area contributed by atoms with Gasteiger partial charge in [-0.1, -0.05) is 26.7 Å². The van der Waals surface area contributed by atoms with Gasteiger partial charge in [-0.2, -0.15) is 0 Å². The van der Waals surface area contributed by atoms with Gasteiger partial charge < -0.3 is 10.5 Å². The summed E-state index contributed by atoms with van der Waals surface area (Å²) in [6.07, 6.45) is 2.21. The number of nitrogens with two attached hydrogens (primary N) is 1. The monoisotopic (exact) mass is 269 g/mol. The molecule has 0 saturated carbocycles. The zero-order valence-electron chi connectivity index (χ0n) is 11.4. The van der Waals surface area contributed by atoms with E-state index < -0.39 is 10.8 Å². The smallest absolute Gasteiger partial charge is 0.120 e. The number of hydrogen-bond donors (Lipinski definition) is 1. The van der Waals surface area contributed by atoms with Crippen molar-refractivity contribution in [1.82, 2.24) is 0 Å². The highest BCUT2D eigenvalue weighted by atomic mass is 32.2. The van der Waals surface area contributed by atoms with Crippen LogP contribution in [0, 0.1) is 5.92 Å². The summed E-state index contributed by atoms with van der Waals surface area (Å²) in [6, 6.07) is 5.38. The minimum atomic E-state index is -1.05. The van der Waals surface area contributed by atoms with E-state index in [0.717, 1.165) is 18.6 Å². The van der Waals surface area contributed by atoms with Gasteiger partial charge in [0, 0.05) is 11.4 Å². The zero-order chi connectivity index (χ0) is 13.5. The highest BCUT2D eigenvalue weighted by Crippen LogP contribution is 2.24. The fourth-order valence-electron chi connectivity index (χ4n) is 1.89. The van der Waals surface area contributed by atoms with Crippen molar-refractivity contribution in [3.63, 3.8) is 0 Å². The summed E-state index contributed by atoms with van der Waals surface area (Å²) in [5, 5.41) is 0. The Morgan fingerprint density at radius 1 is 1.39 bits per heavy atom. The molecule has 0 aliphatic rings. The van der Waals surface area contributed by atoms with Gasteiger partial charge in [0.15, 0.2) is 0 Å². The maximum atomic E-state index is 12.3. The second-order valence-corrected chi connectivity index (χ2v) is 6.00. The van der Waals surface area contributed by atoms with Crippen molar-refractivity contribution in [2.24, 2.45) is 5.92 Å². The number of nitrogen functional groups attached to an aromatic ring is 1. The molecule has 0 fully saturated rings. The molecule has 2 unspecified atom stereocenters. The van der Waals surface area contributed by atoms with Gasteiger partial charge in [-0.15, -0.1) is 0 Å². The van der Waals surface area contributed by atoms with Crippen LogP contribution in [-0.2, 0) is 10.8 Å². The van der Waals surface area contributed by atoms with E-state index in [1.807, 2.05) is 13.0 Å². The molecule has 1 aromatic carbocycles. The van der Waals surface area contributed by atoms with E-state index in [-0.39, 0.29) is 0 Å². The lowest BCUT2D eigenvalue weighted by molar-refractivity contribution is 0.339. The quantitative estimate of drug-likeness (QED) is 0.773. The van der Waals surface area contributed by atoms with Gasteiger partial charge in [-0.25, -0.2) is 0 Å². The third kappa shape index (κ3) is 4.33. The van der Waals surface area contributed by atoms with Crippen LogP contribution in [0.4, 0.5) is 5.69 Å². The predicted octanol–water partition coefficient (Wildman–Crippen LogP) is 3.21. The molecule has 0 amide bonds. The first-order chi connectivity index (χ1) is 8.58. The van der Waals surface area contributed by atoms with Crippen LogP contribution in [0.5, 0.6) is 5.75 Å². The normalized spacial score (nSPS) is 14.2. The first-order valence-electron chi connectivity index (χ1n) is 6.49. The van der Waals surface area contributed by atoms with Gasteiger partial charge in [-0.05, 0) is 31.0 Å². The molecule has 0 aliphatic carbocycles. The van der Waals surface area contributed by atoms with E-state index in [9.17, 15) is 4.21 Å². The Morgan fingerprint density at radius 2 is 2.11 bits per heavy atom. The number of hydrogen-bond acceptors (Lipinski definition) is 3. The minimum absolute atomic E-state index is 0.450. The van der Waals surface area contributed by atoms with Gasteiger partial charge in [0.1, 0.15) is 5.75 Å². The fraction of sp³-hybridized carbons (Fsp3) is 0.571. The average molecular weight is 269 g/mol. The number of anilines is 1. The van der Waals surface area contributed by atoms with Crippen LogP contribution in [0.2, 0.25) is 0 Å². The molecular formula is C14H23NO2S. The summed E-state index contributed by atoms with van der Waals surface area (Å²) >= 11 is 0. The summed E-state index contributed by atoms with van der Waals surface area (Å²) in [5.41, 5.74) is 6.47. The molecule has 0 aliphatic heterocycles. The van der Waals surface area contributed by atoms with E-state index >= 15 is 0 Å². The molecule has 1 rings (SSSR count). The maximum Gasteiger partial charge on any atom is 0.120 e. The zero-order valence-corrected chi connectivity index (χ0v) is 12.3. The standard InChI is InChI=1S/C14H23NO2S/c1-4-6-11(3)10-18(16)14-9-12(17-5-2)7-8-13(14)15/h7-9,11H,4-6,10,15H2,1-3H3. The van der Waals surface area contributed by atoms with Crippen molar-refractivity contribution in [2.45, 2.75) is 38.5 Å². The van der Waals surface area contributed by atoms with Gasteiger partial charge in [0.25, 0.3) is 0 Å². The summed E-state index contributed by atoms with van der Waals surface area (Å²) in [5.74, 6) is 1.84. The van der Waals surface area contributed by atoms with E-state index in [0.29, 0.717) is 28.9 Å². The highest BCUT2D eigenvalue weighted by molar-refractivity contribution is 7.85. The summed E-state index contributed by atoms with van der Waals surface area (Å²) in [6.45, 7) is 6.80. The summed E-state index contributed by atoms with van der Waals surface area (Å²) in [4.78, 5) is 0.698. The second kappa shape index (κ2) is 7.41. The molecular weight excluding hydrogens is 246 g/mol. The molecule has 1 aromatic rings. The van der Waals surface area contributed by atoms with Crippen molar-refractivity contribution in [3.8, 4) is 5.75 Å². The van der Waals surface area contributed by atoms with Crippen LogP contribution in [-0.4, -0.2) is 16.6 Å². The first-order valence-corrected chi connectivity index (χ1v) is 7.81. The van der Waals surface area contributed by atoms with Crippen LogP contribution in [0.15, 0.2) is 23.1 Å². The summed E-state index contributed by atoms with van der Waals surface area (Å²) in [7, 11) is -1.05. The van der Waals surface area contributed by atoms with E-state index in [1.54, 1.807) is 12.1 Å². The third-order valence-corrected chi connectivity index (χ3v) is 4.47. The lowest BCUT2D eigenvalue weighted by atomic mass is 10.1. The lowest BCUT2D eigenvalue weighted by Crippen LogP contribution is -2.10.